The molecule has 0 atom stereocenters. The predicted molar refractivity (Wildman–Crippen MR) is 64.4 cm³/mol. The van der Waals surface area contributed by atoms with Crippen LogP contribution in [0.3, 0.4) is 0 Å². The molecule has 0 heterocycles. The summed E-state index contributed by atoms with van der Waals surface area (Å²) in [6.07, 6.45) is 1.26. The maximum Gasteiger partial charge on any atom is 0.145 e. The van der Waals surface area contributed by atoms with Gasteiger partial charge in [-0.2, -0.15) is 10.5 Å². The minimum Gasteiger partial charge on any atom is -0.360 e. The fraction of sp³-hybridized carbons (Fsp3) is 0. The Morgan fingerprint density at radius 2 is 1.62 bits per heavy atom. The first-order valence-corrected chi connectivity index (χ1v) is 5.13. The Morgan fingerprint density at radius 1 is 1.12 bits per heavy atom. The molecule has 0 amide bonds. The summed E-state index contributed by atoms with van der Waals surface area (Å²) in [6.45, 7) is 0. The van der Waals surface area contributed by atoms with Gasteiger partial charge in [0.25, 0.3) is 0 Å². The van der Waals surface area contributed by atoms with E-state index < -0.39 is 0 Å². The summed E-state index contributed by atoms with van der Waals surface area (Å²) in [5.74, 6) is 0. The lowest BCUT2D eigenvalue weighted by Gasteiger charge is -2.04. The highest BCUT2D eigenvalue weighted by Gasteiger charge is 2.05. The van der Waals surface area contributed by atoms with Gasteiger partial charge in [-0.05, 0) is 12.1 Å². The Kier molecular flexibility index (Phi) is 4.46. The Morgan fingerprint density at radius 3 is 2.06 bits per heavy atom. The number of nitrogens with one attached hydrogen (secondary N) is 1. The fourth-order valence-corrected chi connectivity index (χ4v) is 1.48. The molecule has 3 nitrogen and oxygen atoms in total. The smallest absolute Gasteiger partial charge is 0.145 e. The van der Waals surface area contributed by atoms with Crippen LogP contribution in [0, 0.1) is 22.7 Å². The van der Waals surface area contributed by atoms with E-state index in [1.54, 1.807) is 24.3 Å². The van der Waals surface area contributed by atoms with E-state index in [1.807, 2.05) is 0 Å². The maximum atomic E-state index is 8.50. The number of rotatable bonds is 2. The van der Waals surface area contributed by atoms with Crippen molar-refractivity contribution in [3.8, 4) is 12.1 Å². The van der Waals surface area contributed by atoms with E-state index in [-0.39, 0.29) is 10.6 Å². The molecule has 1 N–H and O–H groups in total. The van der Waals surface area contributed by atoms with Crippen molar-refractivity contribution in [2.75, 3.05) is 5.32 Å². The van der Waals surface area contributed by atoms with Crippen LogP contribution in [0.5, 0.6) is 0 Å². The highest BCUT2D eigenvalue weighted by Crippen LogP contribution is 2.33. The number of nitrogens with zero attached hydrogens (tertiary/aromatic N) is 2. The molecule has 0 radical (unpaired) electrons. The molecular weight excluding hydrogens is 268 g/mol. The van der Waals surface area contributed by atoms with Crippen LogP contribution in [0.1, 0.15) is 0 Å². The second kappa shape index (κ2) is 5.63. The third-order valence-corrected chi connectivity index (χ3v) is 2.80. The number of allylic oxidation sites excluding steroid dienone is 1. The second-order valence-electron chi connectivity index (χ2n) is 2.68. The first-order chi connectivity index (χ1) is 7.58. The van der Waals surface area contributed by atoms with Gasteiger partial charge in [-0.1, -0.05) is 34.8 Å². The molecule has 80 valence electrons. The lowest BCUT2D eigenvalue weighted by atomic mass is 10.3. The lowest BCUT2D eigenvalue weighted by Crippen LogP contribution is -1.90. The van der Waals surface area contributed by atoms with Gasteiger partial charge in [0, 0.05) is 11.9 Å². The van der Waals surface area contributed by atoms with E-state index in [0.717, 1.165) is 0 Å². The summed E-state index contributed by atoms with van der Waals surface area (Å²) in [6, 6.07) is 6.50. The topological polar surface area (TPSA) is 59.6 Å². The molecule has 0 aliphatic rings. The van der Waals surface area contributed by atoms with Gasteiger partial charge in [0.1, 0.15) is 17.7 Å². The Labute approximate surface area is 107 Å². The van der Waals surface area contributed by atoms with Gasteiger partial charge in [-0.3, -0.25) is 0 Å². The van der Waals surface area contributed by atoms with Gasteiger partial charge in [-0.15, -0.1) is 0 Å². The molecule has 1 rings (SSSR count). The van der Waals surface area contributed by atoms with Crippen LogP contribution in [0.25, 0.3) is 0 Å². The van der Waals surface area contributed by atoms with Crippen LogP contribution in [0.15, 0.2) is 23.9 Å². The molecule has 0 aliphatic heterocycles. The average Bonchev–Trinajstić information content (AvgIpc) is 2.27. The normalized spacial score (nSPS) is 8.81. The van der Waals surface area contributed by atoms with Crippen LogP contribution < -0.4 is 5.32 Å². The molecule has 0 aromatic heterocycles. The van der Waals surface area contributed by atoms with E-state index in [9.17, 15) is 0 Å². The third-order valence-electron chi connectivity index (χ3n) is 1.61. The number of hydrogen-bond donors (Lipinski definition) is 1. The molecule has 16 heavy (non-hydrogen) atoms. The van der Waals surface area contributed by atoms with Crippen molar-refractivity contribution in [2.45, 2.75) is 0 Å². The standard InChI is InChI=1S/C10H4Cl3N3/c11-8-1-7(2-9(12)10(8)13)16-5-6(3-14)4-15/h1-2,5,16H. The highest BCUT2D eigenvalue weighted by atomic mass is 35.5. The summed E-state index contributed by atoms with van der Waals surface area (Å²) in [4.78, 5) is 0. The molecular formula is C10H4Cl3N3. The van der Waals surface area contributed by atoms with Gasteiger partial charge in [0.05, 0.1) is 15.1 Å². The molecule has 6 heteroatoms. The van der Waals surface area contributed by atoms with Gasteiger partial charge in [0.15, 0.2) is 0 Å². The quantitative estimate of drug-likeness (QED) is 0.654. The molecule has 1 aromatic carbocycles. The van der Waals surface area contributed by atoms with Crippen molar-refractivity contribution in [1.29, 1.82) is 10.5 Å². The van der Waals surface area contributed by atoms with Crippen LogP contribution in [-0.2, 0) is 0 Å². The van der Waals surface area contributed by atoms with Gasteiger partial charge in [0.2, 0.25) is 0 Å². The van der Waals surface area contributed by atoms with Crippen molar-refractivity contribution in [2.24, 2.45) is 0 Å². The second-order valence-corrected chi connectivity index (χ2v) is 3.87. The van der Waals surface area contributed by atoms with Crippen LogP contribution in [0.4, 0.5) is 5.69 Å². The summed E-state index contributed by atoms with van der Waals surface area (Å²) < 4.78 is 0. The summed E-state index contributed by atoms with van der Waals surface area (Å²) >= 11 is 17.3. The molecule has 0 unspecified atom stereocenters. The molecule has 0 saturated carbocycles. The van der Waals surface area contributed by atoms with Crippen LogP contribution in [-0.4, -0.2) is 0 Å². The van der Waals surface area contributed by atoms with Crippen molar-refractivity contribution in [1.82, 2.24) is 0 Å². The molecule has 0 spiro atoms. The Bertz CT molecular complexity index is 484. The number of nitriles is 2. The third kappa shape index (κ3) is 3.05. The number of halogens is 3. The summed E-state index contributed by atoms with van der Waals surface area (Å²) in [7, 11) is 0. The van der Waals surface area contributed by atoms with E-state index in [4.69, 9.17) is 45.3 Å². The fourth-order valence-electron chi connectivity index (χ4n) is 0.884. The molecule has 0 saturated heterocycles. The van der Waals surface area contributed by atoms with Crippen molar-refractivity contribution >= 4 is 40.5 Å². The molecule has 0 aliphatic carbocycles. The minimum atomic E-state index is -0.0535. The van der Waals surface area contributed by atoms with Crippen LogP contribution >= 0.6 is 34.8 Å². The molecule has 1 aromatic rings. The Balaban J connectivity index is 2.98. The van der Waals surface area contributed by atoms with E-state index in [2.05, 4.69) is 5.32 Å². The first kappa shape index (κ1) is 12.7. The predicted octanol–water partition coefficient (Wildman–Crippen LogP) is 3.99. The van der Waals surface area contributed by atoms with E-state index >= 15 is 0 Å². The average molecular weight is 273 g/mol. The number of anilines is 1. The highest BCUT2D eigenvalue weighted by molar-refractivity contribution is 6.48. The SMILES string of the molecule is N#CC(C#N)=CNc1cc(Cl)c(Cl)c(Cl)c1. The van der Waals surface area contributed by atoms with Crippen molar-refractivity contribution in [3.05, 3.63) is 39.0 Å². The van der Waals surface area contributed by atoms with Gasteiger partial charge in [-0.25, -0.2) is 0 Å². The summed E-state index contributed by atoms with van der Waals surface area (Å²) in [5, 5.41) is 20.6. The number of hydrogen-bond acceptors (Lipinski definition) is 3. The largest absolute Gasteiger partial charge is 0.360 e. The van der Waals surface area contributed by atoms with Crippen molar-refractivity contribution < 1.29 is 0 Å². The van der Waals surface area contributed by atoms with Crippen LogP contribution in [0.2, 0.25) is 15.1 Å². The molecule has 0 bridgehead atoms. The Hall–Kier alpha value is -1.39. The van der Waals surface area contributed by atoms with Gasteiger partial charge >= 0.3 is 0 Å². The zero-order chi connectivity index (χ0) is 12.1. The lowest BCUT2D eigenvalue weighted by molar-refractivity contribution is 1.44. The molecule has 0 fully saturated rings. The zero-order valence-electron chi connectivity index (χ0n) is 7.76. The van der Waals surface area contributed by atoms with E-state index in [1.165, 1.54) is 6.20 Å². The van der Waals surface area contributed by atoms with E-state index in [0.29, 0.717) is 15.7 Å². The monoisotopic (exact) mass is 271 g/mol. The minimum absolute atomic E-state index is 0.0535. The zero-order valence-corrected chi connectivity index (χ0v) is 10.0. The van der Waals surface area contributed by atoms with Gasteiger partial charge < -0.3 is 5.32 Å². The van der Waals surface area contributed by atoms with Crippen molar-refractivity contribution in [3.63, 3.8) is 0 Å². The summed E-state index contributed by atoms with van der Waals surface area (Å²) in [5.41, 5.74) is 0.490. The first-order valence-electron chi connectivity index (χ1n) is 4.00. The number of benzene rings is 1. The maximum absolute atomic E-state index is 8.50.